The molecule has 6 nitrogen and oxygen atoms in total. The molecule has 2 aromatic rings. The lowest BCUT2D eigenvalue weighted by Crippen LogP contribution is -2.19. The minimum Gasteiger partial charge on any atom is -0.288 e. The molecule has 0 aromatic heterocycles. The molecule has 1 heterocycles. The predicted octanol–water partition coefficient (Wildman–Crippen LogP) is 2.02. The molecule has 1 aliphatic rings. The Morgan fingerprint density at radius 2 is 1.68 bits per heavy atom. The maximum atomic E-state index is 12.3. The summed E-state index contributed by atoms with van der Waals surface area (Å²) in [5, 5.41) is 2.50. The van der Waals surface area contributed by atoms with Gasteiger partial charge in [0.05, 0.1) is 21.7 Å². The summed E-state index contributed by atoms with van der Waals surface area (Å²) in [4.78, 5) is 22.9. The van der Waals surface area contributed by atoms with Gasteiger partial charge in [-0.1, -0.05) is 17.7 Å². The number of benzene rings is 2. The van der Waals surface area contributed by atoms with E-state index in [1.807, 2.05) is 0 Å². The highest BCUT2D eigenvalue weighted by atomic mass is 35.5. The van der Waals surface area contributed by atoms with Gasteiger partial charge < -0.3 is 0 Å². The topological polar surface area (TPSA) is 92.3 Å². The van der Waals surface area contributed by atoms with Crippen LogP contribution in [0.4, 0.5) is 5.69 Å². The van der Waals surface area contributed by atoms with E-state index in [9.17, 15) is 18.0 Å². The van der Waals surface area contributed by atoms with Crippen LogP contribution in [0.5, 0.6) is 0 Å². The van der Waals surface area contributed by atoms with Crippen LogP contribution in [0.3, 0.4) is 0 Å². The van der Waals surface area contributed by atoms with Crippen molar-refractivity contribution in [2.75, 3.05) is 4.72 Å². The van der Waals surface area contributed by atoms with Gasteiger partial charge in [0.25, 0.3) is 21.8 Å². The Kier molecular flexibility index (Phi) is 3.38. The summed E-state index contributed by atoms with van der Waals surface area (Å²) in [7, 11) is -3.89. The minimum absolute atomic E-state index is 0.0407. The van der Waals surface area contributed by atoms with E-state index in [4.69, 9.17) is 11.6 Å². The predicted molar refractivity (Wildman–Crippen MR) is 80.5 cm³/mol. The quantitative estimate of drug-likeness (QED) is 0.839. The molecule has 0 unspecified atom stereocenters. The maximum Gasteiger partial charge on any atom is 0.261 e. The fraction of sp³-hybridized carbons (Fsp3) is 0. The van der Waals surface area contributed by atoms with E-state index in [1.165, 1.54) is 24.3 Å². The molecule has 0 aliphatic carbocycles. The second-order valence-electron chi connectivity index (χ2n) is 4.61. The molecular weight excluding hydrogens is 328 g/mol. The third-order valence-electron chi connectivity index (χ3n) is 3.09. The van der Waals surface area contributed by atoms with Crippen LogP contribution in [-0.4, -0.2) is 20.2 Å². The first-order valence-electron chi connectivity index (χ1n) is 6.15. The molecule has 1 aliphatic heterocycles. The monoisotopic (exact) mass is 336 g/mol. The SMILES string of the molecule is O=C1NC(=O)c2cc(S(=O)(=O)Nc3cccc(Cl)c3)ccc21. The van der Waals surface area contributed by atoms with Gasteiger partial charge in [0.1, 0.15) is 0 Å². The number of anilines is 1. The van der Waals surface area contributed by atoms with Crippen molar-refractivity contribution in [1.29, 1.82) is 0 Å². The third-order valence-corrected chi connectivity index (χ3v) is 4.71. The molecule has 2 N–H and O–H groups in total. The van der Waals surface area contributed by atoms with E-state index in [2.05, 4.69) is 10.0 Å². The summed E-state index contributed by atoms with van der Waals surface area (Å²) in [5.41, 5.74) is 0.499. The average molecular weight is 337 g/mol. The molecule has 112 valence electrons. The summed E-state index contributed by atoms with van der Waals surface area (Å²) in [6, 6.07) is 9.98. The van der Waals surface area contributed by atoms with Gasteiger partial charge >= 0.3 is 0 Å². The normalized spacial score (nSPS) is 13.7. The molecule has 0 radical (unpaired) electrons. The molecular formula is C14H9ClN2O4S. The van der Waals surface area contributed by atoms with Crippen molar-refractivity contribution in [2.24, 2.45) is 0 Å². The molecule has 2 amide bonds. The summed E-state index contributed by atoms with van der Waals surface area (Å²) >= 11 is 5.81. The number of amides is 2. The number of hydrogen-bond acceptors (Lipinski definition) is 4. The molecule has 0 bridgehead atoms. The minimum atomic E-state index is -3.89. The van der Waals surface area contributed by atoms with Crippen LogP contribution < -0.4 is 10.0 Å². The van der Waals surface area contributed by atoms with Gasteiger partial charge in [-0.05, 0) is 36.4 Å². The van der Waals surface area contributed by atoms with Crippen LogP contribution >= 0.6 is 11.6 Å². The Hall–Kier alpha value is -2.38. The van der Waals surface area contributed by atoms with Crippen LogP contribution in [0.2, 0.25) is 5.02 Å². The van der Waals surface area contributed by atoms with Gasteiger partial charge in [0.15, 0.2) is 0 Å². The Balaban J connectivity index is 1.98. The van der Waals surface area contributed by atoms with E-state index < -0.39 is 21.8 Å². The van der Waals surface area contributed by atoms with E-state index >= 15 is 0 Å². The zero-order valence-electron chi connectivity index (χ0n) is 11.0. The Bertz CT molecular complexity index is 909. The van der Waals surface area contributed by atoms with Crippen LogP contribution in [0.1, 0.15) is 20.7 Å². The van der Waals surface area contributed by atoms with Crippen molar-refractivity contribution in [3.63, 3.8) is 0 Å². The van der Waals surface area contributed by atoms with Crippen molar-refractivity contribution < 1.29 is 18.0 Å². The van der Waals surface area contributed by atoms with Crippen molar-refractivity contribution in [2.45, 2.75) is 4.90 Å². The van der Waals surface area contributed by atoms with Gasteiger partial charge in [-0.25, -0.2) is 8.42 Å². The average Bonchev–Trinajstić information content (AvgIpc) is 2.73. The van der Waals surface area contributed by atoms with Crippen molar-refractivity contribution in [3.8, 4) is 0 Å². The number of nitrogens with one attached hydrogen (secondary N) is 2. The highest BCUT2D eigenvalue weighted by Gasteiger charge is 2.28. The summed E-state index contributed by atoms with van der Waals surface area (Å²) in [5.74, 6) is -1.15. The second-order valence-corrected chi connectivity index (χ2v) is 6.73. The number of halogens is 1. The first kappa shape index (κ1) is 14.6. The second kappa shape index (κ2) is 5.11. The van der Waals surface area contributed by atoms with E-state index in [1.54, 1.807) is 18.2 Å². The molecule has 0 spiro atoms. The molecule has 8 heteroatoms. The highest BCUT2D eigenvalue weighted by molar-refractivity contribution is 7.92. The Morgan fingerprint density at radius 1 is 0.955 bits per heavy atom. The van der Waals surface area contributed by atoms with Gasteiger partial charge in [0.2, 0.25) is 0 Å². The fourth-order valence-electron chi connectivity index (χ4n) is 2.08. The lowest BCUT2D eigenvalue weighted by Gasteiger charge is -2.09. The molecule has 0 fully saturated rings. The van der Waals surface area contributed by atoms with Gasteiger partial charge in [-0.3, -0.25) is 19.6 Å². The lowest BCUT2D eigenvalue weighted by atomic mass is 10.1. The van der Waals surface area contributed by atoms with Crippen LogP contribution in [0, 0.1) is 0 Å². The molecule has 2 aromatic carbocycles. The maximum absolute atomic E-state index is 12.3. The molecule has 0 saturated carbocycles. The van der Waals surface area contributed by atoms with Crippen LogP contribution in [0.15, 0.2) is 47.4 Å². The van der Waals surface area contributed by atoms with E-state index in [0.29, 0.717) is 10.7 Å². The third kappa shape index (κ3) is 2.56. The largest absolute Gasteiger partial charge is 0.288 e. The number of rotatable bonds is 3. The summed E-state index contributed by atoms with van der Waals surface area (Å²) < 4.78 is 27.0. The van der Waals surface area contributed by atoms with Gasteiger partial charge in [-0.2, -0.15) is 0 Å². The molecule has 0 saturated heterocycles. The number of carbonyl (C=O) groups excluding carboxylic acids is 2. The van der Waals surface area contributed by atoms with E-state index in [-0.39, 0.29) is 16.0 Å². The summed E-state index contributed by atoms with van der Waals surface area (Å²) in [6.45, 7) is 0. The fourth-order valence-corrected chi connectivity index (χ4v) is 3.35. The van der Waals surface area contributed by atoms with Crippen LogP contribution in [0.25, 0.3) is 0 Å². The highest BCUT2D eigenvalue weighted by Crippen LogP contribution is 2.23. The first-order valence-corrected chi connectivity index (χ1v) is 8.01. The number of sulfonamides is 1. The number of imide groups is 1. The van der Waals surface area contributed by atoms with Crippen molar-refractivity contribution in [3.05, 3.63) is 58.6 Å². The van der Waals surface area contributed by atoms with Crippen LogP contribution in [-0.2, 0) is 10.0 Å². The lowest BCUT2D eigenvalue weighted by molar-refractivity contribution is 0.0879. The number of carbonyl (C=O) groups is 2. The van der Waals surface area contributed by atoms with E-state index in [0.717, 1.165) is 0 Å². The number of fused-ring (bicyclic) bond motifs is 1. The van der Waals surface area contributed by atoms with Crippen molar-refractivity contribution >= 4 is 39.1 Å². The van der Waals surface area contributed by atoms with Gasteiger partial charge in [-0.15, -0.1) is 0 Å². The molecule has 0 atom stereocenters. The summed E-state index contributed by atoms with van der Waals surface area (Å²) in [6.07, 6.45) is 0. The first-order chi connectivity index (χ1) is 10.4. The molecule has 22 heavy (non-hydrogen) atoms. The zero-order valence-corrected chi connectivity index (χ0v) is 12.5. The smallest absolute Gasteiger partial charge is 0.261 e. The Morgan fingerprint density at radius 3 is 2.41 bits per heavy atom. The molecule has 3 rings (SSSR count). The standard InChI is InChI=1S/C14H9ClN2O4S/c15-8-2-1-3-9(6-8)17-22(20,21)10-4-5-11-12(7-10)14(19)16-13(11)18/h1-7,17H,(H,16,18,19). The van der Waals surface area contributed by atoms with Gasteiger partial charge in [0, 0.05) is 5.02 Å². The zero-order chi connectivity index (χ0) is 15.9. The Labute approximate surface area is 131 Å². The van der Waals surface area contributed by atoms with Crippen molar-refractivity contribution in [1.82, 2.24) is 5.32 Å². The number of hydrogen-bond donors (Lipinski definition) is 2.